The van der Waals surface area contributed by atoms with Gasteiger partial charge < -0.3 is 5.32 Å². The lowest BCUT2D eigenvalue weighted by atomic mass is 9.92. The normalized spacial score (nSPS) is 16.9. The fraction of sp³-hybridized carbons (Fsp3) is 0.583. The Kier molecular flexibility index (Phi) is 2.78. The minimum absolute atomic E-state index is 0.407. The molecule has 0 bridgehead atoms. The lowest BCUT2D eigenvalue weighted by molar-refractivity contribution is 0.379. The molecule has 0 unspecified atom stereocenters. The molecule has 16 heavy (non-hydrogen) atoms. The second-order valence-corrected chi connectivity index (χ2v) is 4.78. The highest BCUT2D eigenvalue weighted by Crippen LogP contribution is 2.51. The maximum atomic E-state index is 8.91. The van der Waals surface area contributed by atoms with Gasteiger partial charge in [-0.1, -0.05) is 13.8 Å². The number of rotatable bonds is 4. The van der Waals surface area contributed by atoms with Crippen LogP contribution >= 0.6 is 0 Å². The fourth-order valence-corrected chi connectivity index (χ4v) is 1.93. The van der Waals surface area contributed by atoms with E-state index in [1.54, 1.807) is 12.3 Å². The van der Waals surface area contributed by atoms with E-state index in [1.807, 2.05) is 0 Å². The molecule has 1 aliphatic carbocycles. The molecule has 1 heterocycles. The fourth-order valence-electron chi connectivity index (χ4n) is 1.93. The first-order valence-electron chi connectivity index (χ1n) is 5.64. The van der Waals surface area contributed by atoms with Crippen LogP contribution in [0.2, 0.25) is 0 Å². The highest BCUT2D eigenvalue weighted by atomic mass is 15.2. The van der Waals surface area contributed by atoms with Gasteiger partial charge in [-0.3, -0.25) is 0 Å². The van der Waals surface area contributed by atoms with Gasteiger partial charge >= 0.3 is 0 Å². The maximum absolute atomic E-state index is 8.91. The Hall–Kier alpha value is -1.63. The molecule has 0 spiro atoms. The molecule has 1 aliphatic rings. The standard InChI is InChI=1S/C12H16N4/c1-9(2)12(4-5-12)8-14-11-10(7-13)3-6-15-16-11/h3,6,9H,4-5,8H2,1-2H3,(H,14,16). The zero-order valence-electron chi connectivity index (χ0n) is 9.70. The molecule has 0 aromatic carbocycles. The summed E-state index contributed by atoms with van der Waals surface area (Å²) in [5.74, 6) is 1.28. The Morgan fingerprint density at radius 2 is 2.31 bits per heavy atom. The smallest absolute Gasteiger partial charge is 0.166 e. The molecule has 84 valence electrons. The SMILES string of the molecule is CC(C)C1(CNc2nnccc2C#N)CC1. The van der Waals surface area contributed by atoms with E-state index in [0.717, 1.165) is 6.54 Å². The van der Waals surface area contributed by atoms with Crippen molar-refractivity contribution in [2.45, 2.75) is 26.7 Å². The van der Waals surface area contributed by atoms with E-state index in [1.165, 1.54) is 12.8 Å². The number of aromatic nitrogens is 2. The first kappa shape index (κ1) is 10.9. The van der Waals surface area contributed by atoms with Crippen LogP contribution in [0.5, 0.6) is 0 Å². The minimum atomic E-state index is 0.407. The molecule has 0 aliphatic heterocycles. The van der Waals surface area contributed by atoms with E-state index in [0.29, 0.717) is 22.7 Å². The van der Waals surface area contributed by atoms with Gasteiger partial charge in [0.2, 0.25) is 0 Å². The molecule has 1 aromatic heterocycles. The second kappa shape index (κ2) is 4.09. The summed E-state index contributed by atoms with van der Waals surface area (Å²) in [6.07, 6.45) is 4.07. The number of nitrogens with one attached hydrogen (secondary N) is 1. The van der Waals surface area contributed by atoms with Crippen molar-refractivity contribution in [1.82, 2.24) is 10.2 Å². The van der Waals surface area contributed by atoms with Gasteiger partial charge in [-0.25, -0.2) is 0 Å². The average molecular weight is 216 g/mol. The summed E-state index contributed by atoms with van der Waals surface area (Å²) in [6, 6.07) is 3.80. The van der Waals surface area contributed by atoms with E-state index in [2.05, 4.69) is 35.4 Å². The summed E-state index contributed by atoms with van der Waals surface area (Å²) in [7, 11) is 0. The van der Waals surface area contributed by atoms with Crippen LogP contribution in [0, 0.1) is 22.7 Å². The predicted molar refractivity (Wildman–Crippen MR) is 61.7 cm³/mol. The Bertz CT molecular complexity index is 415. The molecule has 0 saturated heterocycles. The molecule has 0 amide bonds. The van der Waals surface area contributed by atoms with Gasteiger partial charge in [-0.15, -0.1) is 5.10 Å². The van der Waals surface area contributed by atoms with Gasteiger partial charge in [-0.05, 0) is 30.2 Å². The van der Waals surface area contributed by atoms with Crippen LogP contribution in [0.25, 0.3) is 0 Å². The third kappa shape index (κ3) is 1.99. The van der Waals surface area contributed by atoms with Gasteiger partial charge in [0.05, 0.1) is 11.8 Å². The quantitative estimate of drug-likeness (QED) is 0.838. The van der Waals surface area contributed by atoms with Crippen molar-refractivity contribution in [3.8, 4) is 6.07 Å². The summed E-state index contributed by atoms with van der Waals surface area (Å²) in [5, 5.41) is 19.9. The summed E-state index contributed by atoms with van der Waals surface area (Å²) >= 11 is 0. The number of hydrogen-bond acceptors (Lipinski definition) is 4. The van der Waals surface area contributed by atoms with E-state index < -0.39 is 0 Å². The summed E-state index contributed by atoms with van der Waals surface area (Å²) in [6.45, 7) is 5.38. The largest absolute Gasteiger partial charge is 0.367 e. The van der Waals surface area contributed by atoms with Crippen molar-refractivity contribution in [3.63, 3.8) is 0 Å². The van der Waals surface area contributed by atoms with Crippen LogP contribution in [-0.2, 0) is 0 Å². The van der Waals surface area contributed by atoms with Gasteiger partial charge in [0.15, 0.2) is 5.82 Å². The number of hydrogen-bond donors (Lipinski definition) is 1. The Balaban J connectivity index is 2.03. The molecule has 1 saturated carbocycles. The summed E-state index contributed by atoms with van der Waals surface area (Å²) in [4.78, 5) is 0. The van der Waals surface area contributed by atoms with E-state index >= 15 is 0 Å². The Labute approximate surface area is 95.7 Å². The zero-order chi connectivity index (χ0) is 11.6. The molecule has 1 fully saturated rings. The van der Waals surface area contributed by atoms with Gasteiger partial charge in [0.1, 0.15) is 6.07 Å². The van der Waals surface area contributed by atoms with E-state index in [4.69, 9.17) is 5.26 Å². The third-order valence-electron chi connectivity index (χ3n) is 3.57. The molecule has 4 heteroatoms. The van der Waals surface area contributed by atoms with Crippen molar-refractivity contribution in [3.05, 3.63) is 17.8 Å². The maximum Gasteiger partial charge on any atom is 0.166 e. The van der Waals surface area contributed by atoms with Crippen LogP contribution in [0.3, 0.4) is 0 Å². The molecule has 2 rings (SSSR count). The number of anilines is 1. The van der Waals surface area contributed by atoms with Crippen molar-refractivity contribution in [2.75, 3.05) is 11.9 Å². The highest BCUT2D eigenvalue weighted by molar-refractivity contribution is 5.50. The topological polar surface area (TPSA) is 61.6 Å². The van der Waals surface area contributed by atoms with Gasteiger partial charge in [0, 0.05) is 6.54 Å². The Morgan fingerprint density at radius 3 is 2.88 bits per heavy atom. The van der Waals surface area contributed by atoms with Crippen LogP contribution < -0.4 is 5.32 Å². The zero-order valence-corrected chi connectivity index (χ0v) is 9.70. The molecule has 1 aromatic rings. The molecule has 0 atom stereocenters. The van der Waals surface area contributed by atoms with Crippen LogP contribution in [0.1, 0.15) is 32.3 Å². The van der Waals surface area contributed by atoms with Crippen molar-refractivity contribution < 1.29 is 0 Å². The lowest BCUT2D eigenvalue weighted by Gasteiger charge is -2.20. The molecule has 0 radical (unpaired) electrons. The molecule has 1 N–H and O–H groups in total. The number of nitriles is 1. The number of nitrogens with zero attached hydrogens (tertiary/aromatic N) is 3. The highest BCUT2D eigenvalue weighted by Gasteiger charge is 2.45. The molecule has 4 nitrogen and oxygen atoms in total. The first-order chi connectivity index (χ1) is 7.68. The predicted octanol–water partition coefficient (Wildman–Crippen LogP) is 2.20. The van der Waals surface area contributed by atoms with Crippen LogP contribution in [0.15, 0.2) is 12.3 Å². The van der Waals surface area contributed by atoms with Gasteiger partial charge in [0.25, 0.3) is 0 Å². The van der Waals surface area contributed by atoms with Crippen molar-refractivity contribution >= 4 is 5.82 Å². The summed E-state index contributed by atoms with van der Waals surface area (Å²) < 4.78 is 0. The van der Waals surface area contributed by atoms with Crippen LogP contribution in [-0.4, -0.2) is 16.7 Å². The first-order valence-corrected chi connectivity index (χ1v) is 5.64. The summed E-state index contributed by atoms with van der Waals surface area (Å²) in [5.41, 5.74) is 0.971. The lowest BCUT2D eigenvalue weighted by Crippen LogP contribution is -2.21. The average Bonchev–Trinajstić information content (AvgIpc) is 3.08. The van der Waals surface area contributed by atoms with Crippen molar-refractivity contribution in [1.29, 1.82) is 5.26 Å². The van der Waals surface area contributed by atoms with Crippen LogP contribution in [0.4, 0.5) is 5.82 Å². The van der Waals surface area contributed by atoms with E-state index in [-0.39, 0.29) is 0 Å². The second-order valence-electron chi connectivity index (χ2n) is 4.78. The van der Waals surface area contributed by atoms with Crippen molar-refractivity contribution in [2.24, 2.45) is 11.3 Å². The molecular formula is C12H16N4. The van der Waals surface area contributed by atoms with Gasteiger partial charge in [-0.2, -0.15) is 10.4 Å². The third-order valence-corrected chi connectivity index (χ3v) is 3.57. The Morgan fingerprint density at radius 1 is 1.56 bits per heavy atom. The monoisotopic (exact) mass is 216 g/mol. The molecular weight excluding hydrogens is 200 g/mol. The van der Waals surface area contributed by atoms with E-state index in [9.17, 15) is 0 Å². The minimum Gasteiger partial charge on any atom is -0.367 e.